The molecule has 1 aliphatic rings. The molecule has 1 fully saturated rings. The smallest absolute Gasteiger partial charge is 0.120 e. The van der Waals surface area contributed by atoms with Crippen LogP contribution < -0.4 is 5.32 Å². The third-order valence-electron chi connectivity index (χ3n) is 3.52. The van der Waals surface area contributed by atoms with E-state index in [1.807, 2.05) is 12.1 Å². The van der Waals surface area contributed by atoms with Crippen LogP contribution >= 0.6 is 0 Å². The molecule has 2 heterocycles. The molecule has 0 saturated carbocycles. The molecule has 1 aliphatic heterocycles. The second-order valence-corrected chi connectivity index (χ2v) is 4.89. The van der Waals surface area contributed by atoms with E-state index in [-0.39, 0.29) is 0 Å². The van der Waals surface area contributed by atoms with Crippen molar-refractivity contribution in [1.29, 1.82) is 0 Å². The van der Waals surface area contributed by atoms with Crippen molar-refractivity contribution in [1.82, 2.24) is 10.2 Å². The highest BCUT2D eigenvalue weighted by Gasteiger charge is 2.17. The lowest BCUT2D eigenvalue weighted by Crippen LogP contribution is -2.35. The van der Waals surface area contributed by atoms with Crippen LogP contribution in [0.4, 0.5) is 0 Å². The first-order chi connectivity index (χ1) is 7.75. The van der Waals surface area contributed by atoms with Crippen LogP contribution in [0.5, 0.6) is 0 Å². The first-order valence-corrected chi connectivity index (χ1v) is 6.21. The van der Waals surface area contributed by atoms with Gasteiger partial charge in [0.1, 0.15) is 5.76 Å². The summed E-state index contributed by atoms with van der Waals surface area (Å²) < 4.78 is 5.38. The lowest BCUT2D eigenvalue weighted by molar-refractivity contribution is 0.212. The normalized spacial score (nSPS) is 21.1. The summed E-state index contributed by atoms with van der Waals surface area (Å²) in [5, 5.41) is 3.56. The summed E-state index contributed by atoms with van der Waals surface area (Å²) in [6.07, 6.45) is 4.37. The van der Waals surface area contributed by atoms with Crippen molar-refractivity contribution in [3.05, 3.63) is 24.2 Å². The van der Waals surface area contributed by atoms with Gasteiger partial charge in [0.2, 0.25) is 0 Å². The third-order valence-corrected chi connectivity index (χ3v) is 3.52. The average molecular weight is 222 g/mol. The molecule has 0 unspecified atom stereocenters. The zero-order chi connectivity index (χ0) is 11.4. The zero-order valence-electron chi connectivity index (χ0n) is 10.3. The van der Waals surface area contributed by atoms with Gasteiger partial charge in [-0.05, 0) is 64.5 Å². The molecule has 0 aliphatic carbocycles. The van der Waals surface area contributed by atoms with Crippen LogP contribution in [0.2, 0.25) is 0 Å². The molecule has 90 valence electrons. The van der Waals surface area contributed by atoms with E-state index < -0.39 is 0 Å². The molecule has 0 aromatic carbocycles. The van der Waals surface area contributed by atoms with E-state index in [9.17, 15) is 0 Å². The van der Waals surface area contributed by atoms with Crippen molar-refractivity contribution in [2.24, 2.45) is 5.92 Å². The van der Waals surface area contributed by atoms with Gasteiger partial charge in [-0.15, -0.1) is 0 Å². The number of likely N-dealkylation sites (tertiary alicyclic amines) is 1. The van der Waals surface area contributed by atoms with E-state index in [1.54, 1.807) is 6.26 Å². The summed E-state index contributed by atoms with van der Waals surface area (Å²) in [5.74, 6) is 1.86. The maximum absolute atomic E-state index is 5.38. The first kappa shape index (κ1) is 11.7. The molecule has 2 rings (SSSR count). The number of nitrogens with zero attached hydrogens (tertiary/aromatic N) is 1. The molecule has 0 amide bonds. The number of furan rings is 1. The summed E-state index contributed by atoms with van der Waals surface area (Å²) in [6.45, 7) is 5.74. The van der Waals surface area contributed by atoms with E-state index in [0.717, 1.165) is 18.2 Å². The van der Waals surface area contributed by atoms with Gasteiger partial charge in [-0.2, -0.15) is 0 Å². The Bertz CT molecular complexity index is 289. The Morgan fingerprint density at radius 3 is 2.88 bits per heavy atom. The van der Waals surface area contributed by atoms with Gasteiger partial charge < -0.3 is 14.6 Å². The zero-order valence-corrected chi connectivity index (χ0v) is 10.3. The Labute approximate surface area is 97.8 Å². The highest BCUT2D eigenvalue weighted by atomic mass is 16.3. The summed E-state index contributed by atoms with van der Waals surface area (Å²) in [7, 11) is 2.20. The molecular weight excluding hydrogens is 200 g/mol. The van der Waals surface area contributed by atoms with Crippen LogP contribution in [-0.4, -0.2) is 31.6 Å². The van der Waals surface area contributed by atoms with Gasteiger partial charge in [0.15, 0.2) is 0 Å². The summed E-state index contributed by atoms with van der Waals surface area (Å²) in [6, 6.07) is 4.31. The molecule has 3 nitrogen and oxygen atoms in total. The Kier molecular flexibility index (Phi) is 4.02. The van der Waals surface area contributed by atoms with Gasteiger partial charge in [0, 0.05) is 0 Å². The van der Waals surface area contributed by atoms with Gasteiger partial charge in [-0.1, -0.05) is 0 Å². The minimum atomic E-state index is 0.328. The second-order valence-electron chi connectivity index (χ2n) is 4.89. The first-order valence-electron chi connectivity index (χ1n) is 6.21. The minimum Gasteiger partial charge on any atom is -0.468 e. The molecule has 3 heteroatoms. The molecule has 1 aromatic rings. The second kappa shape index (κ2) is 5.51. The molecule has 0 bridgehead atoms. The number of hydrogen-bond donors (Lipinski definition) is 1. The molecule has 1 atom stereocenters. The maximum atomic E-state index is 5.38. The monoisotopic (exact) mass is 222 g/mol. The molecule has 1 aromatic heterocycles. The minimum absolute atomic E-state index is 0.328. The fourth-order valence-electron chi connectivity index (χ4n) is 2.25. The van der Waals surface area contributed by atoms with E-state index in [0.29, 0.717) is 6.04 Å². The van der Waals surface area contributed by atoms with Crippen molar-refractivity contribution < 1.29 is 4.42 Å². The maximum Gasteiger partial charge on any atom is 0.120 e. The van der Waals surface area contributed by atoms with Crippen molar-refractivity contribution in [3.63, 3.8) is 0 Å². The highest BCUT2D eigenvalue weighted by Crippen LogP contribution is 2.17. The van der Waals surface area contributed by atoms with Crippen LogP contribution in [0.1, 0.15) is 31.6 Å². The molecule has 16 heavy (non-hydrogen) atoms. The molecule has 1 N–H and O–H groups in total. The number of rotatable bonds is 4. The molecular formula is C13H22N2O. The van der Waals surface area contributed by atoms with E-state index in [2.05, 4.69) is 24.2 Å². The predicted molar refractivity (Wildman–Crippen MR) is 65.3 cm³/mol. The quantitative estimate of drug-likeness (QED) is 0.847. The third kappa shape index (κ3) is 3.09. The fourth-order valence-corrected chi connectivity index (χ4v) is 2.25. The van der Waals surface area contributed by atoms with Gasteiger partial charge >= 0.3 is 0 Å². The van der Waals surface area contributed by atoms with Crippen molar-refractivity contribution in [2.45, 2.75) is 25.8 Å². The Hall–Kier alpha value is -0.800. The Morgan fingerprint density at radius 2 is 2.25 bits per heavy atom. The number of nitrogens with one attached hydrogen (secondary N) is 1. The highest BCUT2D eigenvalue weighted by molar-refractivity contribution is 5.02. The topological polar surface area (TPSA) is 28.4 Å². The van der Waals surface area contributed by atoms with Crippen LogP contribution in [-0.2, 0) is 0 Å². The van der Waals surface area contributed by atoms with Gasteiger partial charge in [-0.3, -0.25) is 0 Å². The van der Waals surface area contributed by atoms with Crippen molar-refractivity contribution >= 4 is 0 Å². The van der Waals surface area contributed by atoms with E-state index >= 15 is 0 Å². The molecule has 0 spiro atoms. The predicted octanol–water partition coefficient (Wildman–Crippen LogP) is 2.27. The summed E-state index contributed by atoms with van der Waals surface area (Å²) >= 11 is 0. The number of hydrogen-bond acceptors (Lipinski definition) is 3. The van der Waals surface area contributed by atoms with Crippen LogP contribution in [0.25, 0.3) is 0 Å². The van der Waals surface area contributed by atoms with Gasteiger partial charge in [0.25, 0.3) is 0 Å². The van der Waals surface area contributed by atoms with Crippen molar-refractivity contribution in [2.75, 3.05) is 26.7 Å². The standard InChI is InChI=1S/C13H22N2O/c1-11(13-4-3-9-16-13)14-10-12-5-7-15(2)8-6-12/h3-4,9,11-12,14H,5-8,10H2,1-2H3/t11-/m0/s1. The van der Waals surface area contributed by atoms with Crippen molar-refractivity contribution in [3.8, 4) is 0 Å². The Morgan fingerprint density at radius 1 is 1.50 bits per heavy atom. The fraction of sp³-hybridized carbons (Fsp3) is 0.692. The lowest BCUT2D eigenvalue weighted by Gasteiger charge is -2.29. The van der Waals surface area contributed by atoms with E-state index in [4.69, 9.17) is 4.42 Å². The van der Waals surface area contributed by atoms with Gasteiger partial charge in [0.05, 0.1) is 12.3 Å². The SMILES string of the molecule is C[C@H](NCC1CCN(C)CC1)c1ccco1. The largest absolute Gasteiger partial charge is 0.468 e. The van der Waals surface area contributed by atoms with Crippen LogP contribution in [0.15, 0.2) is 22.8 Å². The average Bonchev–Trinajstić information content (AvgIpc) is 2.81. The summed E-state index contributed by atoms with van der Waals surface area (Å²) in [4.78, 5) is 2.41. The molecule has 1 saturated heterocycles. The van der Waals surface area contributed by atoms with Crippen LogP contribution in [0, 0.1) is 5.92 Å². The van der Waals surface area contributed by atoms with E-state index in [1.165, 1.54) is 25.9 Å². The van der Waals surface area contributed by atoms with Crippen LogP contribution in [0.3, 0.4) is 0 Å². The molecule has 0 radical (unpaired) electrons. The lowest BCUT2D eigenvalue weighted by atomic mass is 9.97. The number of piperidine rings is 1. The Balaban J connectivity index is 1.71. The van der Waals surface area contributed by atoms with Gasteiger partial charge in [-0.25, -0.2) is 0 Å². The summed E-state index contributed by atoms with van der Waals surface area (Å²) in [5.41, 5.74) is 0.